The molecule has 3 rings (SSSR count). The minimum absolute atomic E-state index is 0.00444. The molecule has 1 aliphatic rings. The molecular formula is C19H25N3O2. The lowest BCUT2D eigenvalue weighted by molar-refractivity contribution is -0.116. The zero-order valence-corrected chi connectivity index (χ0v) is 14.4. The Bertz CT molecular complexity index is 670. The van der Waals surface area contributed by atoms with Crippen molar-refractivity contribution in [3.8, 4) is 0 Å². The fraction of sp³-hybridized carbons (Fsp3) is 0.474. The van der Waals surface area contributed by atoms with Gasteiger partial charge < -0.3 is 14.6 Å². The summed E-state index contributed by atoms with van der Waals surface area (Å²) in [6.45, 7) is 6.35. The summed E-state index contributed by atoms with van der Waals surface area (Å²) in [6, 6.07) is 8.14. The van der Waals surface area contributed by atoms with E-state index in [2.05, 4.69) is 34.3 Å². The Labute approximate surface area is 143 Å². The van der Waals surface area contributed by atoms with Gasteiger partial charge in [0, 0.05) is 44.2 Å². The van der Waals surface area contributed by atoms with Crippen molar-refractivity contribution < 1.29 is 9.21 Å². The molecule has 5 nitrogen and oxygen atoms in total. The Morgan fingerprint density at radius 1 is 1.29 bits per heavy atom. The predicted octanol–water partition coefficient (Wildman–Crippen LogP) is 3.79. The van der Waals surface area contributed by atoms with E-state index in [9.17, 15) is 4.79 Å². The van der Waals surface area contributed by atoms with Crippen LogP contribution < -0.4 is 10.2 Å². The van der Waals surface area contributed by atoms with Crippen molar-refractivity contribution in [1.82, 2.24) is 4.98 Å². The molecule has 1 aromatic heterocycles. The number of hydrogen-bond acceptors (Lipinski definition) is 4. The molecule has 1 fully saturated rings. The first-order valence-corrected chi connectivity index (χ1v) is 8.66. The average Bonchev–Trinajstić information content (AvgIpc) is 3.00. The van der Waals surface area contributed by atoms with Gasteiger partial charge in [-0.2, -0.15) is 0 Å². The molecule has 1 aromatic carbocycles. The Balaban J connectivity index is 1.49. The molecule has 5 heteroatoms. The van der Waals surface area contributed by atoms with Crippen molar-refractivity contribution >= 4 is 17.3 Å². The predicted molar refractivity (Wildman–Crippen MR) is 95.2 cm³/mol. The Morgan fingerprint density at radius 3 is 2.62 bits per heavy atom. The van der Waals surface area contributed by atoms with Crippen LogP contribution in [0.25, 0.3) is 0 Å². The number of aryl methyl sites for hydroxylation is 2. The molecule has 0 unspecified atom stereocenters. The molecule has 1 aliphatic heterocycles. The van der Waals surface area contributed by atoms with Crippen LogP contribution in [0.4, 0.5) is 11.4 Å². The van der Waals surface area contributed by atoms with Gasteiger partial charge in [0.2, 0.25) is 5.91 Å². The third kappa shape index (κ3) is 4.37. The zero-order chi connectivity index (χ0) is 16.9. The van der Waals surface area contributed by atoms with Crippen LogP contribution in [0, 0.1) is 12.8 Å². The molecule has 0 aliphatic carbocycles. The van der Waals surface area contributed by atoms with E-state index in [4.69, 9.17) is 4.42 Å². The first-order chi connectivity index (χ1) is 11.6. The monoisotopic (exact) mass is 327 g/mol. The standard InChI is InChI=1S/C19H25N3O2/c1-14-9-11-22(12-10-14)18-6-3-16(4-7-18)21-19(23)8-5-17-13-24-15(2)20-17/h3-4,6-7,13-14H,5,8-12H2,1-2H3,(H,21,23). The van der Waals surface area contributed by atoms with E-state index in [0.29, 0.717) is 18.7 Å². The summed E-state index contributed by atoms with van der Waals surface area (Å²) >= 11 is 0. The maximum Gasteiger partial charge on any atom is 0.224 e. The van der Waals surface area contributed by atoms with Gasteiger partial charge in [-0.15, -0.1) is 0 Å². The normalized spacial score (nSPS) is 15.5. The van der Waals surface area contributed by atoms with Gasteiger partial charge in [-0.3, -0.25) is 4.79 Å². The van der Waals surface area contributed by atoms with Gasteiger partial charge in [0.05, 0.1) is 5.69 Å². The Kier molecular flexibility index (Phi) is 5.18. The van der Waals surface area contributed by atoms with Crippen molar-refractivity contribution in [2.24, 2.45) is 5.92 Å². The lowest BCUT2D eigenvalue weighted by Gasteiger charge is -2.32. The molecular weight excluding hydrogens is 302 g/mol. The number of oxazole rings is 1. The molecule has 2 heterocycles. The van der Waals surface area contributed by atoms with Gasteiger partial charge in [0.25, 0.3) is 0 Å². The number of nitrogens with one attached hydrogen (secondary N) is 1. The summed E-state index contributed by atoms with van der Waals surface area (Å²) in [4.78, 5) is 18.7. The van der Waals surface area contributed by atoms with Gasteiger partial charge >= 0.3 is 0 Å². The van der Waals surface area contributed by atoms with E-state index < -0.39 is 0 Å². The molecule has 128 valence electrons. The number of carbonyl (C=O) groups excluding carboxylic acids is 1. The summed E-state index contributed by atoms with van der Waals surface area (Å²) in [6.07, 6.45) is 5.10. The highest BCUT2D eigenvalue weighted by atomic mass is 16.3. The number of piperidine rings is 1. The number of hydrogen-bond donors (Lipinski definition) is 1. The highest BCUT2D eigenvalue weighted by Crippen LogP contribution is 2.24. The molecule has 0 saturated carbocycles. The van der Waals surface area contributed by atoms with Crippen LogP contribution in [-0.4, -0.2) is 24.0 Å². The van der Waals surface area contributed by atoms with Crippen molar-refractivity contribution in [3.05, 3.63) is 42.1 Å². The summed E-state index contributed by atoms with van der Waals surface area (Å²) in [5, 5.41) is 2.94. The minimum Gasteiger partial charge on any atom is -0.449 e. The molecule has 1 saturated heterocycles. The van der Waals surface area contributed by atoms with Crippen LogP contribution in [0.3, 0.4) is 0 Å². The van der Waals surface area contributed by atoms with Gasteiger partial charge in [-0.1, -0.05) is 6.92 Å². The minimum atomic E-state index is -0.00444. The Hall–Kier alpha value is -2.30. The van der Waals surface area contributed by atoms with Crippen LogP contribution in [0.15, 0.2) is 34.9 Å². The first-order valence-electron chi connectivity index (χ1n) is 8.66. The van der Waals surface area contributed by atoms with Gasteiger partial charge in [-0.05, 0) is 43.0 Å². The second-order valence-electron chi connectivity index (χ2n) is 6.62. The van der Waals surface area contributed by atoms with Crippen molar-refractivity contribution in [3.63, 3.8) is 0 Å². The fourth-order valence-corrected chi connectivity index (χ4v) is 3.01. The van der Waals surface area contributed by atoms with E-state index in [1.165, 1.54) is 18.5 Å². The summed E-state index contributed by atoms with van der Waals surface area (Å²) in [5.41, 5.74) is 2.89. The van der Waals surface area contributed by atoms with E-state index in [-0.39, 0.29) is 5.91 Å². The number of anilines is 2. The quantitative estimate of drug-likeness (QED) is 0.907. The molecule has 0 atom stereocenters. The van der Waals surface area contributed by atoms with Crippen LogP contribution in [0.5, 0.6) is 0 Å². The van der Waals surface area contributed by atoms with Crippen LogP contribution >= 0.6 is 0 Å². The lowest BCUT2D eigenvalue weighted by Crippen LogP contribution is -2.32. The van der Waals surface area contributed by atoms with E-state index in [1.54, 1.807) is 13.2 Å². The van der Waals surface area contributed by atoms with Crippen molar-refractivity contribution in [2.45, 2.75) is 39.5 Å². The smallest absolute Gasteiger partial charge is 0.224 e. The summed E-state index contributed by atoms with van der Waals surface area (Å²) < 4.78 is 5.14. The first kappa shape index (κ1) is 16.6. The van der Waals surface area contributed by atoms with Gasteiger partial charge in [-0.25, -0.2) is 4.98 Å². The van der Waals surface area contributed by atoms with Crippen molar-refractivity contribution in [2.75, 3.05) is 23.3 Å². The third-order valence-electron chi connectivity index (χ3n) is 4.57. The maximum atomic E-state index is 12.0. The lowest BCUT2D eigenvalue weighted by atomic mass is 9.99. The number of aromatic nitrogens is 1. The molecule has 1 amide bonds. The number of benzene rings is 1. The van der Waals surface area contributed by atoms with Gasteiger partial charge in [0.15, 0.2) is 5.89 Å². The number of nitrogens with zero attached hydrogens (tertiary/aromatic N) is 2. The number of rotatable bonds is 5. The van der Waals surface area contributed by atoms with Crippen LogP contribution in [0.2, 0.25) is 0 Å². The molecule has 2 aromatic rings. The SMILES string of the molecule is Cc1nc(CCC(=O)Nc2ccc(N3CCC(C)CC3)cc2)co1. The second kappa shape index (κ2) is 7.51. The number of carbonyl (C=O) groups is 1. The van der Waals surface area contributed by atoms with Crippen LogP contribution in [-0.2, 0) is 11.2 Å². The van der Waals surface area contributed by atoms with E-state index in [0.717, 1.165) is 30.4 Å². The van der Waals surface area contributed by atoms with E-state index >= 15 is 0 Å². The fourth-order valence-electron chi connectivity index (χ4n) is 3.01. The molecule has 0 bridgehead atoms. The largest absolute Gasteiger partial charge is 0.449 e. The highest BCUT2D eigenvalue weighted by Gasteiger charge is 2.16. The second-order valence-corrected chi connectivity index (χ2v) is 6.62. The molecule has 24 heavy (non-hydrogen) atoms. The topological polar surface area (TPSA) is 58.4 Å². The summed E-state index contributed by atoms with van der Waals surface area (Å²) in [7, 11) is 0. The Morgan fingerprint density at radius 2 is 2.00 bits per heavy atom. The van der Waals surface area contributed by atoms with Gasteiger partial charge in [0.1, 0.15) is 6.26 Å². The zero-order valence-electron chi connectivity index (χ0n) is 14.4. The number of amides is 1. The van der Waals surface area contributed by atoms with Crippen molar-refractivity contribution in [1.29, 1.82) is 0 Å². The molecule has 0 radical (unpaired) electrons. The molecule has 1 N–H and O–H groups in total. The summed E-state index contributed by atoms with van der Waals surface area (Å²) in [5.74, 6) is 1.46. The third-order valence-corrected chi connectivity index (χ3v) is 4.57. The average molecular weight is 327 g/mol. The van der Waals surface area contributed by atoms with E-state index in [1.807, 2.05) is 12.1 Å². The maximum absolute atomic E-state index is 12.0. The van der Waals surface area contributed by atoms with Crippen LogP contribution in [0.1, 0.15) is 37.8 Å². The molecule has 0 spiro atoms. The highest BCUT2D eigenvalue weighted by molar-refractivity contribution is 5.91.